The summed E-state index contributed by atoms with van der Waals surface area (Å²) in [7, 11) is -1.85. The molecule has 186 valence electrons. The van der Waals surface area contributed by atoms with E-state index in [4.69, 9.17) is 10.0 Å². The van der Waals surface area contributed by atoms with Crippen LogP contribution in [0.4, 0.5) is 10.1 Å². The van der Waals surface area contributed by atoms with E-state index in [0.29, 0.717) is 24.0 Å². The minimum Gasteiger partial charge on any atom is -0.345 e. The number of rotatable bonds is 4. The van der Waals surface area contributed by atoms with E-state index in [9.17, 15) is 13.4 Å². The number of benzene rings is 2. The fourth-order valence-corrected chi connectivity index (χ4v) is 6.34. The largest absolute Gasteiger partial charge is 0.345 e. The summed E-state index contributed by atoms with van der Waals surface area (Å²) in [6.45, 7) is 4.24. The minimum absolute atomic E-state index is 0.0740. The van der Waals surface area contributed by atoms with Gasteiger partial charge in [0.15, 0.2) is 0 Å². The van der Waals surface area contributed by atoms with E-state index >= 15 is 0 Å². The van der Waals surface area contributed by atoms with Gasteiger partial charge < -0.3 is 9.88 Å². The van der Waals surface area contributed by atoms with Crippen LogP contribution >= 0.6 is 0 Å². The van der Waals surface area contributed by atoms with Gasteiger partial charge in [-0.25, -0.2) is 18.7 Å². The third kappa shape index (κ3) is 4.62. The van der Waals surface area contributed by atoms with Crippen LogP contribution in [-0.2, 0) is 23.4 Å². The molecule has 3 N–H and O–H groups in total. The Hall–Kier alpha value is -4.33. The molecular weight excluding hydrogens is 491 g/mol. The number of aryl methyl sites for hydroxylation is 1. The molecule has 0 spiro atoms. The molecular formula is C27H23FN6O2S. The molecule has 0 radical (unpaired) electrons. The van der Waals surface area contributed by atoms with Gasteiger partial charge in [0.2, 0.25) is 5.95 Å². The van der Waals surface area contributed by atoms with E-state index in [-0.39, 0.29) is 22.0 Å². The number of halogens is 1. The van der Waals surface area contributed by atoms with Crippen molar-refractivity contribution in [2.24, 2.45) is 7.05 Å². The lowest BCUT2D eigenvalue weighted by Crippen LogP contribution is -2.33. The van der Waals surface area contributed by atoms with Crippen molar-refractivity contribution in [3.8, 4) is 6.07 Å². The lowest BCUT2D eigenvalue weighted by molar-refractivity contribution is 0.101. The Morgan fingerprint density at radius 1 is 1.27 bits per heavy atom. The number of amides is 1. The predicted octanol–water partition coefficient (Wildman–Crippen LogP) is 4.77. The molecule has 2 aromatic heterocycles. The van der Waals surface area contributed by atoms with E-state index < -0.39 is 27.8 Å². The number of fused-ring (bicyclic) bond motifs is 2. The Morgan fingerprint density at radius 2 is 2.03 bits per heavy atom. The Morgan fingerprint density at radius 3 is 2.78 bits per heavy atom. The fourth-order valence-electron chi connectivity index (χ4n) is 4.70. The normalized spacial score (nSPS) is 19.0. The molecule has 1 aliphatic rings. The highest BCUT2D eigenvalue weighted by molar-refractivity contribution is 7.90. The topological polar surface area (TPSA) is 124 Å². The van der Waals surface area contributed by atoms with Gasteiger partial charge in [0.1, 0.15) is 27.4 Å². The van der Waals surface area contributed by atoms with Crippen LogP contribution in [0.3, 0.4) is 0 Å². The number of pyridine rings is 1. The molecule has 1 aliphatic heterocycles. The maximum Gasteiger partial charge on any atom is 0.272 e. The molecule has 1 unspecified atom stereocenters. The van der Waals surface area contributed by atoms with Crippen molar-refractivity contribution in [2.75, 3.05) is 5.32 Å². The molecule has 0 saturated carbocycles. The van der Waals surface area contributed by atoms with Crippen LogP contribution in [0.25, 0.3) is 16.3 Å². The van der Waals surface area contributed by atoms with Crippen LogP contribution < -0.4 is 10.0 Å². The first kappa shape index (κ1) is 24.4. The van der Waals surface area contributed by atoms with Crippen molar-refractivity contribution >= 4 is 37.9 Å². The molecule has 0 aliphatic carbocycles. The molecule has 8 nitrogen and oxygen atoms in total. The molecule has 2 atom stereocenters. The maximum atomic E-state index is 13.8. The molecule has 0 fully saturated rings. The van der Waals surface area contributed by atoms with Crippen LogP contribution in [0.15, 0.2) is 72.3 Å². The number of hydrogen-bond acceptors (Lipinski definition) is 5. The quantitative estimate of drug-likeness (QED) is 0.339. The van der Waals surface area contributed by atoms with Crippen LogP contribution in [0, 0.1) is 22.1 Å². The van der Waals surface area contributed by atoms with Crippen LogP contribution in [-0.4, -0.2) is 25.7 Å². The maximum absolute atomic E-state index is 13.8. The van der Waals surface area contributed by atoms with Gasteiger partial charge in [0, 0.05) is 36.6 Å². The van der Waals surface area contributed by atoms with E-state index in [1.165, 1.54) is 16.8 Å². The molecule has 1 amide bonds. The molecule has 5 rings (SSSR count). The SMILES string of the molecule is C=C(c1ccc2ccccc2c1)[C@@H]1CCc2c(cn(C)c2C(=O)Nc2cc(F)nc(C#N)c2)S(=N)(=O)N1. The summed E-state index contributed by atoms with van der Waals surface area (Å²) in [4.78, 5) is 16.9. The summed E-state index contributed by atoms with van der Waals surface area (Å²) < 4.78 is 40.5. The van der Waals surface area contributed by atoms with Crippen molar-refractivity contribution in [2.45, 2.75) is 23.8 Å². The number of anilines is 1. The zero-order valence-corrected chi connectivity index (χ0v) is 20.7. The summed E-state index contributed by atoms with van der Waals surface area (Å²) in [5.41, 5.74) is 2.19. The Bertz CT molecular complexity index is 1740. The van der Waals surface area contributed by atoms with Crippen molar-refractivity contribution in [1.82, 2.24) is 14.3 Å². The monoisotopic (exact) mass is 514 g/mol. The van der Waals surface area contributed by atoms with Crippen molar-refractivity contribution < 1.29 is 13.4 Å². The number of nitrogens with zero attached hydrogens (tertiary/aromatic N) is 3. The number of carbonyl (C=O) groups is 1. The molecule has 3 heterocycles. The average Bonchev–Trinajstić information content (AvgIpc) is 3.16. The Balaban J connectivity index is 1.45. The summed E-state index contributed by atoms with van der Waals surface area (Å²) in [6, 6.07) is 17.5. The van der Waals surface area contributed by atoms with Gasteiger partial charge in [-0.1, -0.05) is 43.0 Å². The van der Waals surface area contributed by atoms with E-state index in [1.54, 1.807) is 13.1 Å². The third-order valence-corrected chi connectivity index (χ3v) is 8.06. The summed E-state index contributed by atoms with van der Waals surface area (Å²) >= 11 is 0. The second-order valence-corrected chi connectivity index (χ2v) is 10.7. The standard InChI is InChI=1S/C27H23FN6O2S/c1-16(18-8-7-17-5-3-4-6-19(17)11-18)23-10-9-22-24(37(30,36)33-23)15-34(2)26(22)27(35)32-20-12-21(14-29)31-25(28)13-20/h3-8,11-13,15,23H,1,9-10H2,2H3,(H2,30,33,36)(H,31,32,35)/t23-,37?/m0/s1. The molecule has 0 saturated heterocycles. The van der Waals surface area contributed by atoms with Gasteiger partial charge in [-0.3, -0.25) is 4.79 Å². The van der Waals surface area contributed by atoms with E-state index in [1.807, 2.05) is 42.5 Å². The number of hydrogen-bond donors (Lipinski definition) is 3. The van der Waals surface area contributed by atoms with E-state index in [0.717, 1.165) is 22.4 Å². The molecule has 10 heteroatoms. The van der Waals surface area contributed by atoms with Gasteiger partial charge in [-0.2, -0.15) is 9.65 Å². The molecule has 4 aromatic rings. The highest BCUT2D eigenvalue weighted by Crippen LogP contribution is 2.32. The van der Waals surface area contributed by atoms with Crippen molar-refractivity contribution in [3.63, 3.8) is 0 Å². The van der Waals surface area contributed by atoms with Gasteiger partial charge in [0.25, 0.3) is 5.91 Å². The second kappa shape index (κ2) is 9.28. The van der Waals surface area contributed by atoms with Crippen LogP contribution in [0.5, 0.6) is 0 Å². The molecule has 2 aromatic carbocycles. The minimum atomic E-state index is -3.47. The highest BCUT2D eigenvalue weighted by atomic mass is 32.2. The number of aromatic nitrogens is 2. The molecule has 37 heavy (non-hydrogen) atoms. The average molecular weight is 515 g/mol. The van der Waals surface area contributed by atoms with Gasteiger partial charge in [-0.05, 0) is 46.9 Å². The molecule has 0 bridgehead atoms. The van der Waals surface area contributed by atoms with Crippen LogP contribution in [0.1, 0.15) is 33.7 Å². The van der Waals surface area contributed by atoms with Gasteiger partial charge >= 0.3 is 0 Å². The van der Waals surface area contributed by atoms with Crippen molar-refractivity contribution in [3.05, 3.63) is 95.8 Å². The van der Waals surface area contributed by atoms with Gasteiger partial charge in [0.05, 0.1) is 4.90 Å². The van der Waals surface area contributed by atoms with Crippen LogP contribution in [0.2, 0.25) is 0 Å². The van der Waals surface area contributed by atoms with Crippen molar-refractivity contribution in [1.29, 1.82) is 10.0 Å². The Labute approximate surface area is 213 Å². The fraction of sp³-hybridized carbons (Fsp3) is 0.148. The number of nitriles is 1. The lowest BCUT2D eigenvalue weighted by atomic mass is 9.94. The predicted molar refractivity (Wildman–Crippen MR) is 140 cm³/mol. The second-order valence-electron chi connectivity index (χ2n) is 8.91. The zero-order chi connectivity index (χ0) is 26.3. The summed E-state index contributed by atoms with van der Waals surface area (Å²) in [5.74, 6) is -1.46. The smallest absolute Gasteiger partial charge is 0.272 e. The zero-order valence-electron chi connectivity index (χ0n) is 19.9. The summed E-state index contributed by atoms with van der Waals surface area (Å²) in [6.07, 6.45) is 2.34. The first-order valence-electron chi connectivity index (χ1n) is 11.5. The highest BCUT2D eigenvalue weighted by Gasteiger charge is 2.32. The first-order valence-corrected chi connectivity index (χ1v) is 13.0. The number of nitrogens with one attached hydrogen (secondary N) is 3. The number of carbonyl (C=O) groups excluding carboxylic acids is 1. The van der Waals surface area contributed by atoms with Gasteiger partial charge in [-0.15, -0.1) is 0 Å². The Kier molecular flexibility index (Phi) is 6.11. The lowest BCUT2D eigenvalue weighted by Gasteiger charge is -2.20. The first-order chi connectivity index (χ1) is 17.7. The third-order valence-electron chi connectivity index (χ3n) is 6.47. The van der Waals surface area contributed by atoms with E-state index in [2.05, 4.69) is 21.6 Å². The summed E-state index contributed by atoms with van der Waals surface area (Å²) in [5, 5.41) is 13.8.